The summed E-state index contributed by atoms with van der Waals surface area (Å²) >= 11 is 0. The summed E-state index contributed by atoms with van der Waals surface area (Å²) in [6.07, 6.45) is 1.33. The number of nitrogens with two attached hydrogens (primary N) is 1. The van der Waals surface area contributed by atoms with Crippen LogP contribution in [0.25, 0.3) is 0 Å². The zero-order chi connectivity index (χ0) is 10.4. The molecule has 1 rings (SSSR count). The van der Waals surface area contributed by atoms with Crippen LogP contribution in [0.2, 0.25) is 0 Å². The maximum Gasteiger partial charge on any atom is 0.0620 e. The lowest BCUT2D eigenvalue weighted by atomic mass is 9.94. The second kappa shape index (κ2) is 5.78. The van der Waals surface area contributed by atoms with Gasteiger partial charge in [0.2, 0.25) is 0 Å². The molecule has 2 atom stereocenters. The van der Waals surface area contributed by atoms with Crippen molar-refractivity contribution in [2.75, 3.05) is 6.54 Å². The van der Waals surface area contributed by atoms with E-state index in [1.165, 1.54) is 5.56 Å². The first-order chi connectivity index (χ1) is 6.77. The Bertz CT molecular complexity index is 244. The summed E-state index contributed by atoms with van der Waals surface area (Å²) in [5, 5.41) is 9.88. The van der Waals surface area contributed by atoms with Crippen molar-refractivity contribution < 1.29 is 5.11 Å². The SMILES string of the molecule is CCC(CN)C(O)Cc1ccccc1. The molecule has 0 aliphatic carbocycles. The third-order valence-corrected chi connectivity index (χ3v) is 2.66. The lowest BCUT2D eigenvalue weighted by Gasteiger charge is -2.19. The minimum absolute atomic E-state index is 0.218. The lowest BCUT2D eigenvalue weighted by molar-refractivity contribution is 0.109. The van der Waals surface area contributed by atoms with Gasteiger partial charge in [0.1, 0.15) is 0 Å². The molecule has 0 aliphatic heterocycles. The van der Waals surface area contributed by atoms with Crippen LogP contribution in [-0.4, -0.2) is 17.8 Å². The smallest absolute Gasteiger partial charge is 0.0620 e. The van der Waals surface area contributed by atoms with E-state index in [1.54, 1.807) is 0 Å². The first kappa shape index (κ1) is 11.2. The highest BCUT2D eigenvalue weighted by Crippen LogP contribution is 2.12. The Morgan fingerprint density at radius 3 is 2.43 bits per heavy atom. The van der Waals surface area contributed by atoms with E-state index in [4.69, 9.17) is 5.73 Å². The van der Waals surface area contributed by atoms with E-state index in [-0.39, 0.29) is 12.0 Å². The van der Waals surface area contributed by atoms with Gasteiger partial charge in [-0.2, -0.15) is 0 Å². The second-order valence-electron chi connectivity index (χ2n) is 3.66. The molecule has 0 radical (unpaired) electrons. The molecule has 2 unspecified atom stereocenters. The topological polar surface area (TPSA) is 46.2 Å². The summed E-state index contributed by atoms with van der Waals surface area (Å²) in [6.45, 7) is 2.62. The van der Waals surface area contributed by atoms with Crippen LogP contribution in [0.3, 0.4) is 0 Å². The number of hydrogen-bond acceptors (Lipinski definition) is 2. The first-order valence-electron chi connectivity index (χ1n) is 5.20. The van der Waals surface area contributed by atoms with Crippen LogP contribution in [0.1, 0.15) is 18.9 Å². The summed E-state index contributed by atoms with van der Waals surface area (Å²) in [6, 6.07) is 10.0. The summed E-state index contributed by atoms with van der Waals surface area (Å²) in [5.74, 6) is 0.218. The van der Waals surface area contributed by atoms with Crippen molar-refractivity contribution in [1.29, 1.82) is 0 Å². The monoisotopic (exact) mass is 193 g/mol. The van der Waals surface area contributed by atoms with Gasteiger partial charge in [0.25, 0.3) is 0 Å². The third kappa shape index (κ3) is 3.13. The first-order valence-corrected chi connectivity index (χ1v) is 5.20. The molecule has 0 amide bonds. The molecule has 0 aromatic heterocycles. The Morgan fingerprint density at radius 1 is 1.29 bits per heavy atom. The van der Waals surface area contributed by atoms with Crippen LogP contribution in [0.15, 0.2) is 30.3 Å². The van der Waals surface area contributed by atoms with Crippen LogP contribution >= 0.6 is 0 Å². The van der Waals surface area contributed by atoms with E-state index in [1.807, 2.05) is 30.3 Å². The number of benzene rings is 1. The highest BCUT2D eigenvalue weighted by atomic mass is 16.3. The summed E-state index contributed by atoms with van der Waals surface area (Å²) in [4.78, 5) is 0. The summed E-state index contributed by atoms with van der Waals surface area (Å²) < 4.78 is 0. The largest absolute Gasteiger partial charge is 0.392 e. The van der Waals surface area contributed by atoms with Crippen LogP contribution in [-0.2, 0) is 6.42 Å². The highest BCUT2D eigenvalue weighted by Gasteiger charge is 2.15. The van der Waals surface area contributed by atoms with Gasteiger partial charge < -0.3 is 10.8 Å². The molecule has 2 nitrogen and oxygen atoms in total. The van der Waals surface area contributed by atoms with E-state index in [0.29, 0.717) is 13.0 Å². The fourth-order valence-corrected chi connectivity index (χ4v) is 1.62. The minimum atomic E-state index is -0.313. The third-order valence-electron chi connectivity index (χ3n) is 2.66. The lowest BCUT2D eigenvalue weighted by Crippen LogP contribution is -2.28. The predicted molar refractivity (Wildman–Crippen MR) is 59.0 cm³/mol. The molecular weight excluding hydrogens is 174 g/mol. The molecule has 0 heterocycles. The Kier molecular flexibility index (Phi) is 4.63. The molecule has 0 saturated heterocycles. The summed E-state index contributed by atoms with van der Waals surface area (Å²) in [7, 11) is 0. The number of aliphatic hydroxyl groups excluding tert-OH is 1. The van der Waals surface area contributed by atoms with E-state index in [0.717, 1.165) is 6.42 Å². The molecule has 1 aromatic rings. The van der Waals surface area contributed by atoms with Gasteiger partial charge in [0.05, 0.1) is 6.10 Å². The Balaban J connectivity index is 2.52. The molecule has 0 saturated carbocycles. The Hall–Kier alpha value is -0.860. The van der Waals surface area contributed by atoms with Gasteiger partial charge in [0, 0.05) is 0 Å². The van der Waals surface area contributed by atoms with Gasteiger partial charge in [-0.1, -0.05) is 37.3 Å². The molecule has 0 aliphatic rings. The van der Waals surface area contributed by atoms with Crippen molar-refractivity contribution in [1.82, 2.24) is 0 Å². The standard InChI is InChI=1S/C12H19NO/c1-2-11(9-13)12(14)8-10-6-4-3-5-7-10/h3-7,11-12,14H,2,8-9,13H2,1H3. The molecule has 14 heavy (non-hydrogen) atoms. The molecule has 0 fully saturated rings. The second-order valence-corrected chi connectivity index (χ2v) is 3.66. The maximum absolute atomic E-state index is 9.88. The maximum atomic E-state index is 9.88. The molecule has 1 aromatic carbocycles. The highest BCUT2D eigenvalue weighted by molar-refractivity contribution is 5.15. The molecule has 0 spiro atoms. The fourth-order valence-electron chi connectivity index (χ4n) is 1.62. The molecule has 2 heteroatoms. The zero-order valence-electron chi connectivity index (χ0n) is 8.69. The van der Waals surface area contributed by atoms with Crippen LogP contribution in [0.5, 0.6) is 0 Å². The van der Waals surface area contributed by atoms with Crippen molar-refractivity contribution in [3.63, 3.8) is 0 Å². The van der Waals surface area contributed by atoms with E-state index in [9.17, 15) is 5.11 Å². The van der Waals surface area contributed by atoms with Gasteiger partial charge in [-0.25, -0.2) is 0 Å². The normalized spacial score (nSPS) is 15.1. The molecular formula is C12H19NO. The molecule has 3 N–H and O–H groups in total. The predicted octanol–water partition coefficient (Wildman–Crippen LogP) is 1.57. The van der Waals surface area contributed by atoms with Crippen LogP contribution < -0.4 is 5.73 Å². The van der Waals surface area contributed by atoms with E-state index >= 15 is 0 Å². The van der Waals surface area contributed by atoms with E-state index in [2.05, 4.69) is 6.92 Å². The van der Waals surface area contributed by atoms with Crippen molar-refractivity contribution in [2.24, 2.45) is 11.7 Å². The van der Waals surface area contributed by atoms with Crippen molar-refractivity contribution in [3.8, 4) is 0 Å². The van der Waals surface area contributed by atoms with Crippen LogP contribution in [0, 0.1) is 5.92 Å². The van der Waals surface area contributed by atoms with E-state index < -0.39 is 0 Å². The van der Waals surface area contributed by atoms with Gasteiger partial charge in [0.15, 0.2) is 0 Å². The molecule has 78 valence electrons. The number of rotatable bonds is 5. The summed E-state index contributed by atoms with van der Waals surface area (Å²) in [5.41, 5.74) is 6.75. The van der Waals surface area contributed by atoms with Crippen molar-refractivity contribution >= 4 is 0 Å². The zero-order valence-corrected chi connectivity index (χ0v) is 8.69. The van der Waals surface area contributed by atoms with Gasteiger partial charge >= 0.3 is 0 Å². The Morgan fingerprint density at radius 2 is 1.93 bits per heavy atom. The minimum Gasteiger partial charge on any atom is -0.392 e. The van der Waals surface area contributed by atoms with Crippen molar-refractivity contribution in [3.05, 3.63) is 35.9 Å². The number of hydrogen-bond donors (Lipinski definition) is 2. The molecule has 0 bridgehead atoms. The van der Waals surface area contributed by atoms with Crippen molar-refractivity contribution in [2.45, 2.75) is 25.9 Å². The van der Waals surface area contributed by atoms with Gasteiger partial charge in [-0.15, -0.1) is 0 Å². The Labute approximate surface area is 85.8 Å². The van der Waals surface area contributed by atoms with Crippen LogP contribution in [0.4, 0.5) is 0 Å². The number of aliphatic hydroxyl groups is 1. The average Bonchev–Trinajstić information content (AvgIpc) is 2.21. The fraction of sp³-hybridized carbons (Fsp3) is 0.500. The quantitative estimate of drug-likeness (QED) is 0.745. The van der Waals surface area contributed by atoms with Gasteiger partial charge in [-0.05, 0) is 30.9 Å². The van der Waals surface area contributed by atoms with Gasteiger partial charge in [-0.3, -0.25) is 0 Å². The average molecular weight is 193 g/mol.